The Kier molecular flexibility index (Phi) is 9.85. The SMILES string of the molecule is CCNC(=NCC(C)C)NCCc1csc(N2CCCC2)n1.I. The molecule has 0 bridgehead atoms. The lowest BCUT2D eigenvalue weighted by Crippen LogP contribution is -2.38. The summed E-state index contributed by atoms with van der Waals surface area (Å²) < 4.78 is 0. The number of nitrogens with one attached hydrogen (secondary N) is 2. The normalized spacial score (nSPS) is 15.0. The first-order valence-electron chi connectivity index (χ1n) is 8.40. The van der Waals surface area contributed by atoms with Gasteiger partial charge in [-0.15, -0.1) is 35.3 Å². The summed E-state index contributed by atoms with van der Waals surface area (Å²) in [5, 5.41) is 10.1. The van der Waals surface area contributed by atoms with E-state index in [0.29, 0.717) is 5.92 Å². The predicted octanol–water partition coefficient (Wildman–Crippen LogP) is 3.11. The van der Waals surface area contributed by atoms with Crippen LogP contribution in [0.3, 0.4) is 0 Å². The van der Waals surface area contributed by atoms with Crippen LogP contribution in [0.5, 0.6) is 0 Å². The van der Waals surface area contributed by atoms with E-state index in [1.54, 1.807) is 11.3 Å². The average molecular weight is 451 g/mol. The number of thiazole rings is 1. The monoisotopic (exact) mass is 451 g/mol. The second-order valence-corrected chi connectivity index (χ2v) is 6.94. The Bertz CT molecular complexity index is 469. The zero-order chi connectivity index (χ0) is 15.8. The van der Waals surface area contributed by atoms with Gasteiger partial charge in [0.05, 0.1) is 5.69 Å². The van der Waals surface area contributed by atoms with Gasteiger partial charge in [-0.05, 0) is 25.7 Å². The summed E-state index contributed by atoms with van der Waals surface area (Å²) in [6, 6.07) is 0. The molecule has 0 amide bonds. The summed E-state index contributed by atoms with van der Waals surface area (Å²) in [6.07, 6.45) is 3.54. The van der Waals surface area contributed by atoms with Crippen LogP contribution in [0.1, 0.15) is 39.3 Å². The van der Waals surface area contributed by atoms with E-state index < -0.39 is 0 Å². The number of anilines is 1. The highest BCUT2D eigenvalue weighted by Crippen LogP contribution is 2.24. The van der Waals surface area contributed by atoms with Gasteiger partial charge in [-0.3, -0.25) is 4.99 Å². The molecule has 1 aliphatic rings. The molecule has 1 aromatic rings. The summed E-state index contributed by atoms with van der Waals surface area (Å²) in [5.41, 5.74) is 1.18. The molecule has 0 aliphatic carbocycles. The van der Waals surface area contributed by atoms with Gasteiger partial charge in [0.15, 0.2) is 11.1 Å². The molecular formula is C16H30IN5S. The van der Waals surface area contributed by atoms with Crippen molar-refractivity contribution in [3.8, 4) is 0 Å². The molecule has 0 spiro atoms. The van der Waals surface area contributed by atoms with Crippen LogP contribution in [0, 0.1) is 5.92 Å². The lowest BCUT2D eigenvalue weighted by atomic mass is 10.2. The first-order chi connectivity index (χ1) is 10.7. The quantitative estimate of drug-likeness (QED) is 0.380. The van der Waals surface area contributed by atoms with Gasteiger partial charge in [-0.25, -0.2) is 4.98 Å². The molecule has 1 saturated heterocycles. The predicted molar refractivity (Wildman–Crippen MR) is 111 cm³/mol. The lowest BCUT2D eigenvalue weighted by molar-refractivity contribution is 0.656. The Labute approximate surface area is 161 Å². The van der Waals surface area contributed by atoms with Crippen LogP contribution in [-0.4, -0.2) is 43.7 Å². The standard InChI is InChI=1S/C16H29N5S.HI/c1-4-17-15(19-11-13(2)3)18-8-7-14-12-22-16(20-14)21-9-5-6-10-21;/h12-13H,4-11H2,1-3H3,(H2,17,18,19);1H. The van der Waals surface area contributed by atoms with E-state index in [2.05, 4.69) is 46.7 Å². The van der Waals surface area contributed by atoms with Crippen molar-refractivity contribution in [2.45, 2.75) is 40.0 Å². The van der Waals surface area contributed by atoms with Crippen molar-refractivity contribution >= 4 is 46.4 Å². The summed E-state index contributed by atoms with van der Waals surface area (Å²) in [4.78, 5) is 11.7. The zero-order valence-electron chi connectivity index (χ0n) is 14.5. The number of aromatic nitrogens is 1. The van der Waals surface area contributed by atoms with E-state index in [-0.39, 0.29) is 24.0 Å². The summed E-state index contributed by atoms with van der Waals surface area (Å²) >= 11 is 1.77. The maximum atomic E-state index is 4.75. The maximum Gasteiger partial charge on any atom is 0.191 e. The van der Waals surface area contributed by atoms with Crippen molar-refractivity contribution in [3.05, 3.63) is 11.1 Å². The maximum absolute atomic E-state index is 4.75. The Morgan fingerprint density at radius 3 is 2.74 bits per heavy atom. The van der Waals surface area contributed by atoms with E-state index in [9.17, 15) is 0 Å². The van der Waals surface area contributed by atoms with Crippen molar-refractivity contribution in [3.63, 3.8) is 0 Å². The fraction of sp³-hybridized carbons (Fsp3) is 0.750. The molecule has 0 unspecified atom stereocenters. The number of aliphatic imine (C=N–C) groups is 1. The van der Waals surface area contributed by atoms with E-state index in [0.717, 1.165) is 45.1 Å². The van der Waals surface area contributed by atoms with Crippen LogP contribution in [0.15, 0.2) is 10.4 Å². The summed E-state index contributed by atoms with van der Waals surface area (Å²) in [7, 11) is 0. The zero-order valence-corrected chi connectivity index (χ0v) is 17.6. The minimum Gasteiger partial charge on any atom is -0.357 e. The highest BCUT2D eigenvalue weighted by atomic mass is 127. The Balaban J connectivity index is 0.00000264. The van der Waals surface area contributed by atoms with E-state index in [4.69, 9.17) is 4.98 Å². The van der Waals surface area contributed by atoms with Gasteiger partial charge in [0.25, 0.3) is 0 Å². The average Bonchev–Trinajstić information content (AvgIpc) is 3.15. The largest absolute Gasteiger partial charge is 0.357 e. The molecule has 0 saturated carbocycles. The second-order valence-electron chi connectivity index (χ2n) is 6.11. The van der Waals surface area contributed by atoms with Crippen molar-refractivity contribution in [1.82, 2.24) is 15.6 Å². The molecule has 1 fully saturated rings. The topological polar surface area (TPSA) is 52.6 Å². The number of hydrogen-bond acceptors (Lipinski definition) is 4. The van der Waals surface area contributed by atoms with Gasteiger partial charge >= 0.3 is 0 Å². The number of halogens is 1. The molecule has 0 atom stereocenters. The Hall–Kier alpha value is -0.570. The molecule has 0 radical (unpaired) electrons. The molecular weight excluding hydrogens is 421 g/mol. The van der Waals surface area contributed by atoms with Gasteiger partial charge in [0.1, 0.15) is 0 Å². The Morgan fingerprint density at radius 1 is 1.35 bits per heavy atom. The fourth-order valence-electron chi connectivity index (χ4n) is 2.39. The highest BCUT2D eigenvalue weighted by Gasteiger charge is 2.15. The molecule has 23 heavy (non-hydrogen) atoms. The molecule has 132 valence electrons. The van der Waals surface area contributed by atoms with Crippen LogP contribution >= 0.6 is 35.3 Å². The first-order valence-corrected chi connectivity index (χ1v) is 9.28. The van der Waals surface area contributed by atoms with Crippen molar-refractivity contribution < 1.29 is 0 Å². The third-order valence-electron chi connectivity index (χ3n) is 3.55. The summed E-state index contributed by atoms with van der Waals surface area (Å²) in [5.74, 6) is 1.49. The number of rotatable bonds is 7. The molecule has 5 nitrogen and oxygen atoms in total. The molecule has 1 aromatic heterocycles. The van der Waals surface area contributed by atoms with Crippen molar-refractivity contribution in [2.24, 2.45) is 10.9 Å². The molecule has 2 N–H and O–H groups in total. The van der Waals surface area contributed by atoms with Gasteiger partial charge in [-0.1, -0.05) is 13.8 Å². The van der Waals surface area contributed by atoms with Gasteiger partial charge in [0.2, 0.25) is 0 Å². The van der Waals surface area contributed by atoms with Gasteiger partial charge in [-0.2, -0.15) is 0 Å². The third-order valence-corrected chi connectivity index (χ3v) is 4.50. The van der Waals surface area contributed by atoms with E-state index in [1.165, 1.54) is 23.7 Å². The van der Waals surface area contributed by atoms with E-state index >= 15 is 0 Å². The highest BCUT2D eigenvalue weighted by molar-refractivity contribution is 14.0. The number of hydrogen-bond donors (Lipinski definition) is 2. The first kappa shape index (κ1) is 20.5. The lowest BCUT2D eigenvalue weighted by Gasteiger charge is -2.12. The number of guanidine groups is 1. The van der Waals surface area contributed by atoms with E-state index in [1.807, 2.05) is 0 Å². The van der Waals surface area contributed by atoms with Crippen LogP contribution < -0.4 is 15.5 Å². The minimum atomic E-state index is 0. The molecule has 7 heteroatoms. The number of nitrogens with zero attached hydrogens (tertiary/aromatic N) is 3. The van der Waals surface area contributed by atoms with Crippen molar-refractivity contribution in [1.29, 1.82) is 0 Å². The van der Waals surface area contributed by atoms with Crippen LogP contribution in [0.25, 0.3) is 0 Å². The molecule has 0 aromatic carbocycles. The van der Waals surface area contributed by atoms with Crippen LogP contribution in [-0.2, 0) is 6.42 Å². The summed E-state index contributed by atoms with van der Waals surface area (Å²) in [6.45, 7) is 11.4. The van der Waals surface area contributed by atoms with Crippen molar-refractivity contribution in [2.75, 3.05) is 37.6 Å². The molecule has 2 heterocycles. The smallest absolute Gasteiger partial charge is 0.191 e. The van der Waals surface area contributed by atoms with Gasteiger partial charge in [0, 0.05) is 44.5 Å². The third kappa shape index (κ3) is 7.24. The molecule has 1 aliphatic heterocycles. The fourth-order valence-corrected chi connectivity index (χ4v) is 3.30. The Morgan fingerprint density at radius 2 is 2.09 bits per heavy atom. The van der Waals surface area contributed by atoms with Crippen LogP contribution in [0.4, 0.5) is 5.13 Å². The second kappa shape index (κ2) is 11.1. The van der Waals surface area contributed by atoms with Crippen LogP contribution in [0.2, 0.25) is 0 Å². The van der Waals surface area contributed by atoms with Gasteiger partial charge < -0.3 is 15.5 Å². The minimum absolute atomic E-state index is 0. The molecule has 2 rings (SSSR count).